The van der Waals surface area contributed by atoms with Crippen molar-refractivity contribution in [1.29, 1.82) is 0 Å². The van der Waals surface area contributed by atoms with Crippen LogP contribution in [0.4, 0.5) is 11.4 Å². The lowest BCUT2D eigenvalue weighted by Crippen LogP contribution is -2.23. The Balaban J connectivity index is 1.89. The molecule has 5 nitrogen and oxygen atoms in total. The fourth-order valence-electron chi connectivity index (χ4n) is 3.97. The van der Waals surface area contributed by atoms with E-state index in [0.717, 1.165) is 44.7 Å². The van der Waals surface area contributed by atoms with Gasteiger partial charge in [0.2, 0.25) is 0 Å². The highest BCUT2D eigenvalue weighted by atomic mass is 79.9. The first-order chi connectivity index (χ1) is 13.2. The van der Waals surface area contributed by atoms with Gasteiger partial charge in [0.25, 0.3) is 11.7 Å². The third-order valence-electron chi connectivity index (χ3n) is 5.02. The molecule has 1 amide bonds. The Morgan fingerprint density at radius 1 is 1.19 bits per heavy atom. The predicted octanol–water partition coefficient (Wildman–Crippen LogP) is 5.06. The van der Waals surface area contributed by atoms with Gasteiger partial charge in [0.15, 0.2) is 0 Å². The third kappa shape index (κ3) is 2.29. The zero-order valence-electron chi connectivity index (χ0n) is 14.5. The van der Waals surface area contributed by atoms with E-state index in [2.05, 4.69) is 39.2 Å². The molecular formula is C21H15BrN3O2+. The number of para-hydroxylation sites is 2. The van der Waals surface area contributed by atoms with Crippen molar-refractivity contribution in [3.63, 3.8) is 0 Å². The van der Waals surface area contributed by atoms with Crippen LogP contribution in [0.2, 0.25) is 0 Å². The van der Waals surface area contributed by atoms with Crippen LogP contribution in [0.15, 0.2) is 64.7 Å². The van der Waals surface area contributed by atoms with Crippen LogP contribution in [0, 0.1) is 0 Å². The van der Waals surface area contributed by atoms with Crippen LogP contribution in [0.3, 0.4) is 0 Å². The number of hydrogen-bond donors (Lipinski definition) is 0. The molecule has 0 N–H and O–H groups in total. The molecule has 1 aliphatic heterocycles. The van der Waals surface area contributed by atoms with E-state index in [1.54, 1.807) is 11.8 Å². The van der Waals surface area contributed by atoms with Gasteiger partial charge in [-0.1, -0.05) is 57.0 Å². The van der Waals surface area contributed by atoms with Crippen molar-refractivity contribution in [1.82, 2.24) is 0 Å². The first-order valence-electron chi connectivity index (χ1n) is 8.60. The van der Waals surface area contributed by atoms with Crippen LogP contribution < -0.4 is 4.74 Å². The Hall–Kier alpha value is -2.86. The van der Waals surface area contributed by atoms with Crippen LogP contribution >= 0.6 is 15.9 Å². The smallest absolute Gasteiger partial charge is 0.319 e. The molecule has 1 heterocycles. The quantitative estimate of drug-likeness (QED) is 0.429. The molecule has 0 radical (unpaired) electrons. The number of benzene rings is 3. The highest BCUT2D eigenvalue weighted by Gasteiger charge is 2.46. The second-order valence-corrected chi connectivity index (χ2v) is 7.01. The number of azo groups is 2. The van der Waals surface area contributed by atoms with Crippen LogP contribution in [0.1, 0.15) is 17.2 Å². The second kappa shape index (κ2) is 6.09. The summed E-state index contributed by atoms with van der Waals surface area (Å²) in [5, 5.41) is 6.79. The summed E-state index contributed by atoms with van der Waals surface area (Å²) in [6.45, 7) is 0. The molecule has 1 atom stereocenters. The summed E-state index contributed by atoms with van der Waals surface area (Å²) in [6.07, 6.45) is 0. The monoisotopic (exact) mass is 420 g/mol. The number of hydrogen-bond acceptors (Lipinski definition) is 3. The van der Waals surface area contributed by atoms with Gasteiger partial charge in [0, 0.05) is 22.1 Å². The minimum Gasteiger partial charge on any atom is -0.496 e. The number of methoxy groups -OCH3 is 1. The average molecular weight is 421 g/mol. The minimum absolute atomic E-state index is 0.172. The van der Waals surface area contributed by atoms with Crippen molar-refractivity contribution in [3.05, 3.63) is 65.7 Å². The number of ether oxygens (including phenoxy) is 1. The summed E-state index contributed by atoms with van der Waals surface area (Å²) in [4.78, 5) is 17.1. The van der Waals surface area contributed by atoms with E-state index in [1.807, 2.05) is 36.4 Å². The molecule has 0 fully saturated rings. The maximum Gasteiger partial charge on any atom is 0.319 e. The molecule has 0 saturated carbocycles. The summed E-state index contributed by atoms with van der Waals surface area (Å²) in [7, 11) is 1.67. The lowest BCUT2D eigenvalue weighted by atomic mass is 10.0. The van der Waals surface area contributed by atoms with Gasteiger partial charge in [0.1, 0.15) is 17.1 Å². The lowest BCUT2D eigenvalue weighted by Gasteiger charge is -2.17. The van der Waals surface area contributed by atoms with Crippen molar-refractivity contribution in [3.8, 4) is 5.75 Å². The van der Waals surface area contributed by atoms with E-state index < -0.39 is 0 Å². The summed E-state index contributed by atoms with van der Waals surface area (Å²) in [5.74, 6) is 0.545. The zero-order valence-corrected chi connectivity index (χ0v) is 16.1. The van der Waals surface area contributed by atoms with Crippen LogP contribution in [-0.2, 0) is 4.79 Å². The Kier molecular flexibility index (Phi) is 3.68. The number of rotatable bonds is 2. The molecule has 0 spiro atoms. The molecule has 0 aromatic heterocycles. The number of aliphatic imine (C=N–C) groups is 1. The number of nitrogens with zero attached hydrogens (tertiary/aromatic N) is 3. The molecule has 0 bridgehead atoms. The van der Waals surface area contributed by atoms with E-state index in [0.29, 0.717) is 0 Å². The fourth-order valence-corrected chi connectivity index (χ4v) is 4.08. The molecule has 3 aromatic carbocycles. The van der Waals surface area contributed by atoms with Crippen LogP contribution in [-0.4, -0.2) is 28.8 Å². The molecular weight excluding hydrogens is 406 g/mol. The van der Waals surface area contributed by atoms with Gasteiger partial charge in [-0.25, -0.2) is 4.99 Å². The van der Waals surface area contributed by atoms with Gasteiger partial charge in [-0.15, -0.1) is 0 Å². The number of carbonyl (C=O) groups excluding carboxylic acids is 1. The standard InChI is InChI=1S/C21H15BrN3O2/c1-27-16-10-9-12-5-4-6-13-18(12)19(16)20-21(13)25(24-17(26)11-22)15-8-3-2-7-14(15)23-20/h2-10,21H,11H2,1H3/q+1. The van der Waals surface area contributed by atoms with Gasteiger partial charge in [-0.2, -0.15) is 0 Å². The molecule has 132 valence electrons. The Bertz CT molecular complexity index is 1180. The number of amides is 1. The summed E-state index contributed by atoms with van der Waals surface area (Å²) in [5.41, 5.74) is 4.55. The van der Waals surface area contributed by atoms with E-state index in [1.165, 1.54) is 0 Å². The second-order valence-electron chi connectivity index (χ2n) is 6.45. The van der Waals surface area contributed by atoms with Crippen molar-refractivity contribution in [2.24, 2.45) is 10.1 Å². The summed E-state index contributed by atoms with van der Waals surface area (Å²) >= 11 is 3.21. The lowest BCUT2D eigenvalue weighted by molar-refractivity contribution is -0.535. The predicted molar refractivity (Wildman–Crippen MR) is 107 cm³/mol. The fraction of sp³-hybridized carbons (Fsp3) is 0.143. The molecule has 27 heavy (non-hydrogen) atoms. The van der Waals surface area contributed by atoms with Crippen molar-refractivity contribution >= 4 is 49.7 Å². The van der Waals surface area contributed by atoms with Crippen molar-refractivity contribution < 1.29 is 14.2 Å². The highest BCUT2D eigenvalue weighted by molar-refractivity contribution is 9.09. The molecule has 1 unspecified atom stereocenters. The Labute approximate surface area is 164 Å². The van der Waals surface area contributed by atoms with Crippen LogP contribution in [0.5, 0.6) is 5.75 Å². The molecule has 0 saturated heterocycles. The number of fused-ring (bicyclic) bond motifs is 4. The van der Waals surface area contributed by atoms with E-state index in [4.69, 9.17) is 9.73 Å². The maximum absolute atomic E-state index is 12.2. The number of carbonyl (C=O) groups is 1. The highest BCUT2D eigenvalue weighted by Crippen LogP contribution is 2.50. The molecule has 5 rings (SSSR count). The number of halogens is 1. The van der Waals surface area contributed by atoms with E-state index in [-0.39, 0.29) is 17.3 Å². The minimum atomic E-state index is -0.252. The summed E-state index contributed by atoms with van der Waals surface area (Å²) < 4.78 is 7.45. The SMILES string of the molecule is COc1ccc2cccc3c2c1C1=Nc2ccccc2[N+](=NC(=O)CBr)C13. The first-order valence-corrected chi connectivity index (χ1v) is 9.72. The van der Waals surface area contributed by atoms with Crippen molar-refractivity contribution in [2.75, 3.05) is 12.4 Å². The Morgan fingerprint density at radius 2 is 2.04 bits per heavy atom. The molecule has 6 heteroatoms. The molecule has 3 aromatic rings. The maximum atomic E-state index is 12.2. The normalized spacial score (nSPS) is 18.2. The van der Waals surface area contributed by atoms with Gasteiger partial charge in [-0.3, -0.25) is 4.79 Å². The zero-order chi connectivity index (χ0) is 18.5. The summed E-state index contributed by atoms with van der Waals surface area (Å²) in [6, 6.07) is 17.7. The van der Waals surface area contributed by atoms with E-state index >= 15 is 0 Å². The average Bonchev–Trinajstić information content (AvgIpc) is 3.04. The van der Waals surface area contributed by atoms with Gasteiger partial charge >= 0.3 is 5.91 Å². The first kappa shape index (κ1) is 16.3. The topological polar surface area (TPSA) is 54.0 Å². The molecule has 2 aliphatic rings. The third-order valence-corrected chi connectivity index (χ3v) is 5.50. The van der Waals surface area contributed by atoms with Crippen LogP contribution in [0.25, 0.3) is 10.8 Å². The number of alkyl halides is 1. The Morgan fingerprint density at radius 3 is 2.85 bits per heavy atom. The van der Waals surface area contributed by atoms with E-state index in [9.17, 15) is 4.79 Å². The molecule has 1 aliphatic carbocycles. The van der Waals surface area contributed by atoms with Gasteiger partial charge in [-0.05, 0) is 17.5 Å². The van der Waals surface area contributed by atoms with Gasteiger partial charge in [0.05, 0.1) is 18.0 Å². The van der Waals surface area contributed by atoms with Crippen molar-refractivity contribution in [2.45, 2.75) is 6.04 Å². The van der Waals surface area contributed by atoms with Gasteiger partial charge < -0.3 is 4.74 Å². The largest absolute Gasteiger partial charge is 0.496 e.